The van der Waals surface area contributed by atoms with E-state index in [9.17, 15) is 4.79 Å². The van der Waals surface area contributed by atoms with Crippen LogP contribution in [0.2, 0.25) is 0 Å². The second-order valence-electron chi connectivity index (χ2n) is 3.47. The Balaban J connectivity index is 2.23. The van der Waals surface area contributed by atoms with Crippen LogP contribution < -0.4 is 0 Å². The lowest BCUT2D eigenvalue weighted by atomic mass is 10.0. The minimum atomic E-state index is -0.206. The second kappa shape index (κ2) is 4.94. The molecule has 16 heavy (non-hydrogen) atoms. The van der Waals surface area contributed by atoms with Crippen molar-refractivity contribution in [3.05, 3.63) is 46.7 Å². The van der Waals surface area contributed by atoms with Crippen LogP contribution in [0.4, 0.5) is 0 Å². The smallest absolute Gasteiger partial charge is 0.309 e. The monoisotopic (exact) mass is 232 g/mol. The third kappa shape index (κ3) is 2.49. The molecule has 0 radical (unpaired) electrons. The van der Waals surface area contributed by atoms with E-state index < -0.39 is 0 Å². The third-order valence-corrected chi connectivity index (χ3v) is 3.04. The average Bonchev–Trinajstić information content (AvgIpc) is 2.83. The molecular formula is C13H12O2S. The molecule has 0 unspecified atom stereocenters. The van der Waals surface area contributed by atoms with Crippen molar-refractivity contribution in [3.63, 3.8) is 0 Å². The van der Waals surface area contributed by atoms with Gasteiger partial charge in [-0.2, -0.15) is 11.3 Å². The first kappa shape index (κ1) is 10.9. The molecule has 1 aromatic carbocycles. The van der Waals surface area contributed by atoms with Gasteiger partial charge in [-0.25, -0.2) is 0 Å². The number of carbonyl (C=O) groups is 1. The van der Waals surface area contributed by atoms with Crippen LogP contribution in [0.3, 0.4) is 0 Å². The van der Waals surface area contributed by atoms with Crippen LogP contribution in [-0.2, 0) is 16.0 Å². The van der Waals surface area contributed by atoms with E-state index in [-0.39, 0.29) is 5.97 Å². The van der Waals surface area contributed by atoms with Crippen LogP contribution in [0, 0.1) is 0 Å². The fourth-order valence-corrected chi connectivity index (χ4v) is 2.19. The Kier molecular flexibility index (Phi) is 3.37. The Morgan fingerprint density at radius 1 is 1.31 bits per heavy atom. The lowest BCUT2D eigenvalue weighted by Crippen LogP contribution is -2.04. The van der Waals surface area contributed by atoms with E-state index in [0.29, 0.717) is 6.42 Å². The number of rotatable bonds is 3. The number of esters is 1. The van der Waals surface area contributed by atoms with Crippen molar-refractivity contribution in [3.8, 4) is 11.1 Å². The van der Waals surface area contributed by atoms with Gasteiger partial charge in [-0.15, -0.1) is 0 Å². The van der Waals surface area contributed by atoms with Crippen LogP contribution in [0.25, 0.3) is 11.1 Å². The van der Waals surface area contributed by atoms with Gasteiger partial charge >= 0.3 is 5.97 Å². The highest BCUT2D eigenvalue weighted by molar-refractivity contribution is 7.08. The number of benzene rings is 1. The average molecular weight is 232 g/mol. The van der Waals surface area contributed by atoms with Crippen molar-refractivity contribution in [2.45, 2.75) is 6.42 Å². The molecule has 2 rings (SSSR count). The maximum atomic E-state index is 11.2. The summed E-state index contributed by atoms with van der Waals surface area (Å²) in [6.45, 7) is 0. The van der Waals surface area contributed by atoms with Crippen molar-refractivity contribution in [1.29, 1.82) is 0 Å². The van der Waals surface area contributed by atoms with E-state index in [1.807, 2.05) is 29.6 Å². The second-order valence-corrected chi connectivity index (χ2v) is 4.25. The topological polar surface area (TPSA) is 26.3 Å². The molecule has 0 saturated heterocycles. The van der Waals surface area contributed by atoms with Gasteiger partial charge in [0.25, 0.3) is 0 Å². The molecular weight excluding hydrogens is 220 g/mol. The first-order chi connectivity index (χ1) is 7.79. The lowest BCUT2D eigenvalue weighted by Gasteiger charge is -2.03. The maximum absolute atomic E-state index is 11.2. The quantitative estimate of drug-likeness (QED) is 0.760. The van der Waals surface area contributed by atoms with Crippen molar-refractivity contribution >= 4 is 17.3 Å². The van der Waals surface area contributed by atoms with E-state index in [1.54, 1.807) is 11.3 Å². The zero-order chi connectivity index (χ0) is 11.4. The normalized spacial score (nSPS) is 10.1. The Hall–Kier alpha value is -1.61. The Bertz CT molecular complexity index is 474. The summed E-state index contributed by atoms with van der Waals surface area (Å²) in [4.78, 5) is 11.2. The number of hydrogen-bond donors (Lipinski definition) is 0. The summed E-state index contributed by atoms with van der Waals surface area (Å²) in [5, 5.41) is 4.14. The number of methoxy groups -OCH3 is 1. The van der Waals surface area contributed by atoms with Gasteiger partial charge in [0.15, 0.2) is 0 Å². The molecule has 0 fully saturated rings. The fraction of sp³-hybridized carbons (Fsp3) is 0.154. The van der Waals surface area contributed by atoms with Crippen LogP contribution in [-0.4, -0.2) is 13.1 Å². The Labute approximate surface area is 98.5 Å². The van der Waals surface area contributed by atoms with Gasteiger partial charge in [0.2, 0.25) is 0 Å². The van der Waals surface area contributed by atoms with Crippen LogP contribution >= 0.6 is 11.3 Å². The van der Waals surface area contributed by atoms with E-state index in [1.165, 1.54) is 12.7 Å². The van der Waals surface area contributed by atoms with Gasteiger partial charge in [0.1, 0.15) is 0 Å². The molecule has 0 aliphatic rings. The standard InChI is InChI=1S/C13H12O2S/c1-15-13(14)8-10-3-2-4-11(7-10)12-5-6-16-9-12/h2-7,9H,8H2,1H3. The van der Waals surface area contributed by atoms with Crippen molar-refractivity contribution in [2.24, 2.45) is 0 Å². The first-order valence-electron chi connectivity index (χ1n) is 4.98. The van der Waals surface area contributed by atoms with Gasteiger partial charge in [-0.05, 0) is 33.5 Å². The number of thiophene rings is 1. The van der Waals surface area contributed by atoms with Crippen molar-refractivity contribution in [1.82, 2.24) is 0 Å². The van der Waals surface area contributed by atoms with Gasteiger partial charge in [0, 0.05) is 0 Å². The summed E-state index contributed by atoms with van der Waals surface area (Å²) in [6.07, 6.45) is 0.328. The molecule has 0 bridgehead atoms. The fourth-order valence-electron chi connectivity index (χ4n) is 1.53. The third-order valence-electron chi connectivity index (χ3n) is 2.36. The largest absolute Gasteiger partial charge is 0.469 e. The molecule has 0 saturated carbocycles. The predicted octanol–water partition coefficient (Wildman–Crippen LogP) is 3.13. The summed E-state index contributed by atoms with van der Waals surface area (Å²) in [7, 11) is 1.41. The molecule has 0 N–H and O–H groups in total. The van der Waals surface area contributed by atoms with E-state index in [0.717, 1.165) is 11.1 Å². The van der Waals surface area contributed by atoms with E-state index in [4.69, 9.17) is 0 Å². The molecule has 3 heteroatoms. The molecule has 1 aromatic heterocycles. The molecule has 1 heterocycles. The van der Waals surface area contributed by atoms with Crippen LogP contribution in [0.5, 0.6) is 0 Å². The summed E-state index contributed by atoms with van der Waals surface area (Å²) < 4.78 is 4.65. The summed E-state index contributed by atoms with van der Waals surface area (Å²) in [6, 6.07) is 10.0. The molecule has 82 valence electrons. The first-order valence-corrected chi connectivity index (χ1v) is 5.92. The summed E-state index contributed by atoms with van der Waals surface area (Å²) in [5.74, 6) is -0.206. The summed E-state index contributed by atoms with van der Waals surface area (Å²) >= 11 is 1.67. The predicted molar refractivity (Wildman–Crippen MR) is 65.5 cm³/mol. The number of carbonyl (C=O) groups excluding carboxylic acids is 1. The Morgan fingerprint density at radius 3 is 2.88 bits per heavy atom. The van der Waals surface area contributed by atoms with E-state index >= 15 is 0 Å². The molecule has 0 aliphatic carbocycles. The van der Waals surface area contributed by atoms with Gasteiger partial charge in [0.05, 0.1) is 13.5 Å². The number of hydrogen-bond acceptors (Lipinski definition) is 3. The molecule has 2 aromatic rings. The van der Waals surface area contributed by atoms with Crippen LogP contribution in [0.1, 0.15) is 5.56 Å². The Morgan fingerprint density at radius 2 is 2.19 bits per heavy atom. The van der Waals surface area contributed by atoms with Crippen LogP contribution in [0.15, 0.2) is 41.1 Å². The lowest BCUT2D eigenvalue weighted by molar-refractivity contribution is -0.139. The van der Waals surface area contributed by atoms with Gasteiger partial charge < -0.3 is 4.74 Å². The highest BCUT2D eigenvalue weighted by Gasteiger charge is 2.04. The van der Waals surface area contributed by atoms with Crippen molar-refractivity contribution < 1.29 is 9.53 Å². The zero-order valence-electron chi connectivity index (χ0n) is 8.97. The molecule has 0 amide bonds. The summed E-state index contributed by atoms with van der Waals surface area (Å²) in [5.41, 5.74) is 3.31. The van der Waals surface area contributed by atoms with Crippen molar-refractivity contribution in [2.75, 3.05) is 7.11 Å². The number of ether oxygens (including phenoxy) is 1. The molecule has 0 spiro atoms. The van der Waals surface area contributed by atoms with Gasteiger partial charge in [-0.3, -0.25) is 4.79 Å². The zero-order valence-corrected chi connectivity index (χ0v) is 9.79. The maximum Gasteiger partial charge on any atom is 0.309 e. The van der Waals surface area contributed by atoms with Gasteiger partial charge in [-0.1, -0.05) is 24.3 Å². The minimum absolute atomic E-state index is 0.206. The minimum Gasteiger partial charge on any atom is -0.469 e. The SMILES string of the molecule is COC(=O)Cc1cccc(-c2ccsc2)c1. The highest BCUT2D eigenvalue weighted by atomic mass is 32.1. The van der Waals surface area contributed by atoms with E-state index in [2.05, 4.69) is 16.2 Å². The molecule has 0 aliphatic heterocycles. The molecule has 0 atom stereocenters. The molecule has 2 nitrogen and oxygen atoms in total. The highest BCUT2D eigenvalue weighted by Crippen LogP contribution is 2.23.